The third-order valence-electron chi connectivity index (χ3n) is 4.83. The Morgan fingerprint density at radius 2 is 1.97 bits per heavy atom. The second-order valence-corrected chi connectivity index (χ2v) is 7.35. The average molecular weight is 425 g/mol. The predicted octanol–water partition coefficient (Wildman–Crippen LogP) is 3.94. The van der Waals surface area contributed by atoms with Crippen LogP contribution in [0, 0.1) is 0 Å². The molecule has 0 spiro atoms. The predicted molar refractivity (Wildman–Crippen MR) is 113 cm³/mol. The van der Waals surface area contributed by atoms with E-state index in [2.05, 4.69) is 10.3 Å². The van der Waals surface area contributed by atoms with Crippen LogP contribution < -0.4 is 19.5 Å². The third kappa shape index (κ3) is 4.66. The van der Waals surface area contributed by atoms with Crippen molar-refractivity contribution < 1.29 is 19.0 Å². The first-order valence-corrected chi connectivity index (χ1v) is 9.91. The first-order chi connectivity index (χ1) is 14.6. The van der Waals surface area contributed by atoms with Crippen LogP contribution in [-0.4, -0.2) is 24.1 Å². The van der Waals surface area contributed by atoms with Crippen LogP contribution in [0.25, 0.3) is 0 Å². The number of carbonyl (C=O) groups is 1. The largest absolute Gasteiger partial charge is 0.493 e. The molecule has 0 saturated carbocycles. The Bertz CT molecular complexity index is 1040. The van der Waals surface area contributed by atoms with Gasteiger partial charge < -0.3 is 19.5 Å². The summed E-state index contributed by atoms with van der Waals surface area (Å²) in [4.78, 5) is 16.5. The van der Waals surface area contributed by atoms with Gasteiger partial charge in [-0.1, -0.05) is 17.7 Å². The molecule has 2 heterocycles. The van der Waals surface area contributed by atoms with Crippen LogP contribution in [0.5, 0.6) is 17.2 Å². The number of carbonyl (C=O) groups excluding carboxylic acids is 1. The normalized spacial score (nSPS) is 14.5. The third-order valence-corrected chi connectivity index (χ3v) is 5.06. The van der Waals surface area contributed by atoms with Crippen LogP contribution in [0.3, 0.4) is 0 Å². The molecule has 1 aliphatic rings. The molecular weight excluding hydrogens is 404 g/mol. The molecule has 0 fully saturated rings. The molecule has 0 saturated heterocycles. The number of benzene rings is 2. The number of hydrogen-bond donors (Lipinski definition) is 1. The van der Waals surface area contributed by atoms with Crippen LogP contribution in [0.15, 0.2) is 60.9 Å². The van der Waals surface area contributed by atoms with Crippen molar-refractivity contribution in [3.63, 3.8) is 0 Å². The molecule has 4 rings (SSSR count). The van der Waals surface area contributed by atoms with E-state index in [0.29, 0.717) is 41.8 Å². The molecule has 1 aliphatic heterocycles. The summed E-state index contributed by atoms with van der Waals surface area (Å²) in [5, 5.41) is 3.55. The number of ether oxygens (including phenoxy) is 3. The van der Waals surface area contributed by atoms with Gasteiger partial charge in [0.25, 0.3) is 5.91 Å². The fourth-order valence-electron chi connectivity index (χ4n) is 3.25. The van der Waals surface area contributed by atoms with Gasteiger partial charge in [0.1, 0.15) is 12.4 Å². The average Bonchev–Trinajstić information content (AvgIpc) is 3.20. The van der Waals surface area contributed by atoms with E-state index in [4.69, 9.17) is 25.8 Å². The maximum absolute atomic E-state index is 12.5. The zero-order chi connectivity index (χ0) is 20.9. The number of aromatic nitrogens is 1. The van der Waals surface area contributed by atoms with Crippen molar-refractivity contribution in [1.82, 2.24) is 10.3 Å². The van der Waals surface area contributed by atoms with Gasteiger partial charge in [-0.25, -0.2) is 0 Å². The summed E-state index contributed by atoms with van der Waals surface area (Å²) >= 11 is 6.01. The lowest BCUT2D eigenvalue weighted by molar-refractivity contribution is -0.127. The van der Waals surface area contributed by atoms with Gasteiger partial charge in [-0.3, -0.25) is 9.78 Å². The Labute approximate surface area is 179 Å². The van der Waals surface area contributed by atoms with Crippen LogP contribution in [0.2, 0.25) is 5.02 Å². The van der Waals surface area contributed by atoms with Gasteiger partial charge in [-0.05, 0) is 59.2 Å². The second kappa shape index (κ2) is 9.05. The quantitative estimate of drug-likeness (QED) is 0.622. The summed E-state index contributed by atoms with van der Waals surface area (Å²) in [6.45, 7) is 0.773. The summed E-state index contributed by atoms with van der Waals surface area (Å²) in [6, 6.07) is 14.8. The molecule has 6 nitrogen and oxygen atoms in total. The SMILES string of the molecule is COc1cc(CNC(=O)C2Cc3cc(Cl)ccc3O2)ccc1OCc1ccncc1. The topological polar surface area (TPSA) is 69.7 Å². The summed E-state index contributed by atoms with van der Waals surface area (Å²) in [6.07, 6.45) is 3.40. The van der Waals surface area contributed by atoms with E-state index in [1.807, 2.05) is 36.4 Å². The second-order valence-electron chi connectivity index (χ2n) is 6.91. The lowest BCUT2D eigenvalue weighted by Crippen LogP contribution is -2.37. The highest BCUT2D eigenvalue weighted by atomic mass is 35.5. The number of amides is 1. The van der Waals surface area contributed by atoms with Crippen molar-refractivity contribution in [2.75, 3.05) is 7.11 Å². The molecule has 1 atom stereocenters. The van der Waals surface area contributed by atoms with E-state index in [9.17, 15) is 4.79 Å². The number of hydrogen-bond acceptors (Lipinski definition) is 5. The van der Waals surface area contributed by atoms with E-state index in [-0.39, 0.29) is 5.91 Å². The molecule has 1 unspecified atom stereocenters. The van der Waals surface area contributed by atoms with E-state index >= 15 is 0 Å². The van der Waals surface area contributed by atoms with Gasteiger partial charge in [0, 0.05) is 30.4 Å². The lowest BCUT2D eigenvalue weighted by atomic mass is 10.1. The van der Waals surface area contributed by atoms with Crippen molar-refractivity contribution in [3.05, 3.63) is 82.6 Å². The minimum absolute atomic E-state index is 0.167. The van der Waals surface area contributed by atoms with Gasteiger partial charge >= 0.3 is 0 Å². The highest BCUT2D eigenvalue weighted by Gasteiger charge is 2.29. The summed E-state index contributed by atoms with van der Waals surface area (Å²) < 4.78 is 17.0. The minimum atomic E-state index is -0.552. The zero-order valence-corrected chi connectivity index (χ0v) is 17.2. The number of nitrogens with one attached hydrogen (secondary N) is 1. The van der Waals surface area contributed by atoms with Gasteiger partial charge in [0.05, 0.1) is 7.11 Å². The zero-order valence-electron chi connectivity index (χ0n) is 16.4. The minimum Gasteiger partial charge on any atom is -0.493 e. The first kappa shape index (κ1) is 20.0. The van der Waals surface area contributed by atoms with Crippen molar-refractivity contribution in [3.8, 4) is 17.2 Å². The highest BCUT2D eigenvalue weighted by molar-refractivity contribution is 6.30. The number of rotatable bonds is 7. The Morgan fingerprint density at radius 1 is 1.13 bits per heavy atom. The fraction of sp³-hybridized carbons (Fsp3) is 0.217. The number of methoxy groups -OCH3 is 1. The van der Waals surface area contributed by atoms with Gasteiger partial charge in [-0.15, -0.1) is 0 Å². The molecule has 30 heavy (non-hydrogen) atoms. The Balaban J connectivity index is 1.34. The van der Waals surface area contributed by atoms with E-state index < -0.39 is 6.10 Å². The van der Waals surface area contributed by atoms with Gasteiger partial charge in [-0.2, -0.15) is 0 Å². The van der Waals surface area contributed by atoms with Crippen LogP contribution in [0.4, 0.5) is 0 Å². The highest BCUT2D eigenvalue weighted by Crippen LogP contribution is 2.31. The number of pyridine rings is 1. The summed E-state index contributed by atoms with van der Waals surface area (Å²) in [5.74, 6) is 1.78. The molecule has 0 aliphatic carbocycles. The molecule has 0 radical (unpaired) electrons. The number of nitrogens with zero attached hydrogens (tertiary/aromatic N) is 1. The summed E-state index contributed by atoms with van der Waals surface area (Å²) in [7, 11) is 1.59. The first-order valence-electron chi connectivity index (χ1n) is 9.54. The molecule has 1 amide bonds. The Kier molecular flexibility index (Phi) is 6.05. The number of halogens is 1. The van der Waals surface area contributed by atoms with Crippen LogP contribution in [0.1, 0.15) is 16.7 Å². The molecule has 154 valence electrons. The molecule has 7 heteroatoms. The van der Waals surface area contributed by atoms with Crippen molar-refractivity contribution >= 4 is 17.5 Å². The monoisotopic (exact) mass is 424 g/mol. The molecule has 1 aromatic heterocycles. The van der Waals surface area contributed by atoms with E-state index in [0.717, 1.165) is 16.7 Å². The van der Waals surface area contributed by atoms with E-state index in [1.54, 1.807) is 31.6 Å². The van der Waals surface area contributed by atoms with Crippen molar-refractivity contribution in [1.29, 1.82) is 0 Å². The van der Waals surface area contributed by atoms with Gasteiger partial charge in [0.15, 0.2) is 17.6 Å². The molecule has 0 bridgehead atoms. The maximum Gasteiger partial charge on any atom is 0.261 e. The van der Waals surface area contributed by atoms with Crippen molar-refractivity contribution in [2.24, 2.45) is 0 Å². The number of fused-ring (bicyclic) bond motifs is 1. The fourth-order valence-corrected chi connectivity index (χ4v) is 3.44. The smallest absolute Gasteiger partial charge is 0.261 e. The van der Waals surface area contributed by atoms with Gasteiger partial charge in [0.2, 0.25) is 0 Å². The maximum atomic E-state index is 12.5. The Hall–Kier alpha value is -3.25. The molecule has 1 N–H and O–H groups in total. The molecule has 2 aromatic carbocycles. The van der Waals surface area contributed by atoms with E-state index in [1.165, 1.54) is 0 Å². The van der Waals surface area contributed by atoms with Crippen LogP contribution in [-0.2, 0) is 24.4 Å². The standard InChI is InChI=1S/C23H21ClN2O4/c1-28-21-10-16(2-4-20(21)29-14-15-6-8-25-9-7-15)13-26-23(27)22-12-17-11-18(24)3-5-19(17)30-22/h2-11,22H,12-14H2,1H3,(H,26,27). The molecular formula is C23H21ClN2O4. The lowest BCUT2D eigenvalue weighted by Gasteiger charge is -2.14. The summed E-state index contributed by atoms with van der Waals surface area (Å²) in [5.41, 5.74) is 2.86. The Morgan fingerprint density at radius 3 is 2.77 bits per heavy atom. The van der Waals surface area contributed by atoms with Crippen molar-refractivity contribution in [2.45, 2.75) is 25.7 Å². The van der Waals surface area contributed by atoms with Crippen LogP contribution >= 0.6 is 11.6 Å². The molecule has 3 aromatic rings.